The number of halogens is 2. The molecule has 0 bridgehead atoms. The summed E-state index contributed by atoms with van der Waals surface area (Å²) in [4.78, 5) is 0. The van der Waals surface area contributed by atoms with Gasteiger partial charge in [-0.05, 0) is 40.5 Å². The number of aryl methyl sites for hydroxylation is 1. The Labute approximate surface area is 114 Å². The summed E-state index contributed by atoms with van der Waals surface area (Å²) in [6.45, 7) is 2.82. The highest BCUT2D eigenvalue weighted by Crippen LogP contribution is 2.27. The predicted octanol–water partition coefficient (Wildman–Crippen LogP) is 3.37. The first-order valence-electron chi connectivity index (χ1n) is 5.35. The first kappa shape index (κ1) is 12.6. The summed E-state index contributed by atoms with van der Waals surface area (Å²) in [5.74, 6) is 0. The number of rotatable bonds is 3. The Morgan fingerprint density at radius 3 is 2.94 bits per heavy atom. The fraction of sp³-hybridized carbons (Fsp3) is 0.250. The van der Waals surface area contributed by atoms with Crippen LogP contribution in [0.1, 0.15) is 24.2 Å². The molecule has 2 N–H and O–H groups in total. The molecule has 0 saturated carbocycles. The zero-order valence-corrected chi connectivity index (χ0v) is 11.7. The van der Waals surface area contributed by atoms with Gasteiger partial charge in [-0.15, -0.1) is 0 Å². The molecular formula is C12H13BrClN3. The predicted molar refractivity (Wildman–Crippen MR) is 73.1 cm³/mol. The Hall–Kier alpha value is -0.840. The van der Waals surface area contributed by atoms with Gasteiger partial charge in [-0.3, -0.25) is 4.68 Å². The van der Waals surface area contributed by atoms with Gasteiger partial charge in [-0.2, -0.15) is 5.10 Å². The molecule has 0 spiro atoms. The van der Waals surface area contributed by atoms with Crippen LogP contribution in [0.2, 0.25) is 5.02 Å². The van der Waals surface area contributed by atoms with Gasteiger partial charge in [-0.1, -0.05) is 23.7 Å². The molecule has 1 aromatic heterocycles. The van der Waals surface area contributed by atoms with E-state index in [-0.39, 0.29) is 6.04 Å². The Kier molecular flexibility index (Phi) is 3.86. The van der Waals surface area contributed by atoms with Gasteiger partial charge in [0, 0.05) is 11.6 Å². The topological polar surface area (TPSA) is 43.8 Å². The molecule has 2 rings (SSSR count). The van der Waals surface area contributed by atoms with Crippen LogP contribution in [0.4, 0.5) is 0 Å². The molecular weight excluding hydrogens is 302 g/mol. The number of aromatic nitrogens is 2. The van der Waals surface area contributed by atoms with Crippen LogP contribution >= 0.6 is 27.5 Å². The molecule has 1 unspecified atom stereocenters. The van der Waals surface area contributed by atoms with E-state index in [0.717, 1.165) is 22.3 Å². The summed E-state index contributed by atoms with van der Waals surface area (Å²) in [7, 11) is 0. The average molecular weight is 315 g/mol. The van der Waals surface area contributed by atoms with E-state index in [1.807, 2.05) is 35.9 Å². The highest BCUT2D eigenvalue weighted by atomic mass is 79.9. The van der Waals surface area contributed by atoms with E-state index < -0.39 is 0 Å². The number of hydrogen-bond donors (Lipinski definition) is 1. The highest BCUT2D eigenvalue weighted by Gasteiger charge is 2.17. The van der Waals surface area contributed by atoms with Crippen molar-refractivity contribution >= 4 is 27.5 Å². The van der Waals surface area contributed by atoms with Gasteiger partial charge in [0.05, 0.1) is 22.4 Å². The van der Waals surface area contributed by atoms with Crippen molar-refractivity contribution in [3.8, 4) is 0 Å². The molecule has 0 aliphatic carbocycles. The third-order valence-electron chi connectivity index (χ3n) is 2.64. The molecule has 0 saturated heterocycles. The van der Waals surface area contributed by atoms with Crippen LogP contribution in [-0.4, -0.2) is 9.78 Å². The van der Waals surface area contributed by atoms with Crippen molar-refractivity contribution in [1.82, 2.24) is 9.78 Å². The number of benzene rings is 1. The molecule has 0 fully saturated rings. The van der Waals surface area contributed by atoms with E-state index in [0.29, 0.717) is 5.02 Å². The second-order valence-corrected chi connectivity index (χ2v) is 5.02. The van der Waals surface area contributed by atoms with Crippen molar-refractivity contribution in [1.29, 1.82) is 0 Å². The minimum atomic E-state index is -0.231. The Balaban J connectivity index is 2.43. The molecule has 2 aromatic rings. The quantitative estimate of drug-likeness (QED) is 0.944. The fourth-order valence-electron chi connectivity index (χ4n) is 1.79. The normalized spacial score (nSPS) is 12.7. The third kappa shape index (κ3) is 2.54. The maximum atomic E-state index is 6.26. The van der Waals surface area contributed by atoms with Crippen molar-refractivity contribution in [2.75, 3.05) is 0 Å². The largest absolute Gasteiger partial charge is 0.319 e. The summed E-state index contributed by atoms with van der Waals surface area (Å²) in [5.41, 5.74) is 8.20. The van der Waals surface area contributed by atoms with E-state index in [4.69, 9.17) is 17.3 Å². The Bertz CT molecular complexity index is 524. The van der Waals surface area contributed by atoms with Crippen molar-refractivity contribution in [3.63, 3.8) is 0 Å². The van der Waals surface area contributed by atoms with Crippen LogP contribution in [0.5, 0.6) is 0 Å². The van der Waals surface area contributed by atoms with E-state index >= 15 is 0 Å². The summed E-state index contributed by atoms with van der Waals surface area (Å²) < 4.78 is 2.81. The van der Waals surface area contributed by atoms with Crippen molar-refractivity contribution < 1.29 is 0 Å². The number of nitrogens with two attached hydrogens (primary N) is 1. The zero-order chi connectivity index (χ0) is 12.4. The fourth-order valence-corrected chi connectivity index (χ4v) is 2.53. The lowest BCUT2D eigenvalue weighted by molar-refractivity contribution is 0.599. The second-order valence-electron chi connectivity index (χ2n) is 3.73. The average Bonchev–Trinajstić information content (AvgIpc) is 2.69. The van der Waals surface area contributed by atoms with Crippen LogP contribution in [0.3, 0.4) is 0 Å². The number of nitrogens with zero attached hydrogens (tertiary/aromatic N) is 2. The molecule has 0 amide bonds. The second kappa shape index (κ2) is 5.21. The van der Waals surface area contributed by atoms with Gasteiger partial charge in [-0.25, -0.2) is 0 Å². The smallest absolute Gasteiger partial charge is 0.0738 e. The zero-order valence-electron chi connectivity index (χ0n) is 9.40. The van der Waals surface area contributed by atoms with E-state index in [9.17, 15) is 0 Å². The Morgan fingerprint density at radius 1 is 1.53 bits per heavy atom. The molecule has 1 atom stereocenters. The van der Waals surface area contributed by atoms with Gasteiger partial charge >= 0.3 is 0 Å². The molecule has 5 heteroatoms. The van der Waals surface area contributed by atoms with Gasteiger partial charge < -0.3 is 5.73 Å². The molecule has 0 aliphatic heterocycles. The van der Waals surface area contributed by atoms with E-state index in [1.54, 1.807) is 6.20 Å². The van der Waals surface area contributed by atoms with Crippen LogP contribution in [0, 0.1) is 0 Å². The molecule has 0 radical (unpaired) electrons. The van der Waals surface area contributed by atoms with Crippen LogP contribution < -0.4 is 5.73 Å². The summed E-state index contributed by atoms with van der Waals surface area (Å²) >= 11 is 9.45. The van der Waals surface area contributed by atoms with Crippen molar-refractivity contribution in [3.05, 3.63) is 51.2 Å². The van der Waals surface area contributed by atoms with Gasteiger partial charge in [0.15, 0.2) is 0 Å². The van der Waals surface area contributed by atoms with Crippen molar-refractivity contribution in [2.45, 2.75) is 19.5 Å². The monoisotopic (exact) mass is 313 g/mol. The lowest BCUT2D eigenvalue weighted by Gasteiger charge is -2.15. The summed E-state index contributed by atoms with van der Waals surface area (Å²) in [5, 5.41) is 4.95. The maximum Gasteiger partial charge on any atom is 0.0738 e. The lowest BCUT2D eigenvalue weighted by Crippen LogP contribution is -2.17. The van der Waals surface area contributed by atoms with Crippen molar-refractivity contribution in [2.24, 2.45) is 5.73 Å². The van der Waals surface area contributed by atoms with Gasteiger partial charge in [0.1, 0.15) is 0 Å². The first-order chi connectivity index (χ1) is 8.13. The molecule has 3 nitrogen and oxygen atoms in total. The van der Waals surface area contributed by atoms with E-state index in [1.165, 1.54) is 0 Å². The standard InChI is InChI=1S/C12H13BrClN3/c1-2-17-12(10(13)7-16-17)11(15)8-4-3-5-9(14)6-8/h3-7,11H,2,15H2,1H3. The summed E-state index contributed by atoms with van der Waals surface area (Å²) in [6.07, 6.45) is 1.77. The Morgan fingerprint density at radius 2 is 2.29 bits per heavy atom. The minimum absolute atomic E-state index is 0.231. The first-order valence-corrected chi connectivity index (χ1v) is 6.52. The van der Waals surface area contributed by atoms with Crippen LogP contribution in [0.15, 0.2) is 34.9 Å². The van der Waals surface area contributed by atoms with Gasteiger partial charge in [0.25, 0.3) is 0 Å². The summed E-state index contributed by atoms with van der Waals surface area (Å²) in [6, 6.07) is 7.36. The van der Waals surface area contributed by atoms with Crippen LogP contribution in [-0.2, 0) is 6.54 Å². The van der Waals surface area contributed by atoms with Crippen LogP contribution in [0.25, 0.3) is 0 Å². The number of hydrogen-bond acceptors (Lipinski definition) is 2. The van der Waals surface area contributed by atoms with E-state index in [2.05, 4.69) is 21.0 Å². The third-order valence-corrected chi connectivity index (χ3v) is 3.48. The SMILES string of the molecule is CCn1ncc(Br)c1C(N)c1cccc(Cl)c1. The van der Waals surface area contributed by atoms with Gasteiger partial charge in [0.2, 0.25) is 0 Å². The molecule has 0 aliphatic rings. The molecule has 17 heavy (non-hydrogen) atoms. The lowest BCUT2D eigenvalue weighted by atomic mass is 10.0. The maximum absolute atomic E-state index is 6.26. The molecule has 90 valence electrons. The molecule has 1 aromatic carbocycles. The highest BCUT2D eigenvalue weighted by molar-refractivity contribution is 9.10. The minimum Gasteiger partial charge on any atom is -0.319 e. The molecule has 1 heterocycles.